The standard InChI is InChI=1S/C36H39Cl2N3O7S/c1-24(2)39-36(43)31(19-25-10-7-6-8-11-25)40(22-26-12-9-13-27(37)18-26)35(42)23-41(30-20-28(38)14-16-32(30)46-3)49(44,45)29-15-17-33(47-4)34(21-29)48-5/h6-18,20-21,24,31H,19,22-23H2,1-5H3,(H,39,43)/t31-/m0/s1. The number of hydrogen-bond donors (Lipinski definition) is 1. The molecule has 10 nitrogen and oxygen atoms in total. The summed E-state index contributed by atoms with van der Waals surface area (Å²) < 4.78 is 46.2. The van der Waals surface area contributed by atoms with Gasteiger partial charge in [0.1, 0.15) is 18.3 Å². The summed E-state index contributed by atoms with van der Waals surface area (Å²) >= 11 is 12.7. The molecular weight excluding hydrogens is 689 g/mol. The van der Waals surface area contributed by atoms with Gasteiger partial charge in [-0.25, -0.2) is 8.42 Å². The molecule has 13 heteroatoms. The predicted octanol–water partition coefficient (Wildman–Crippen LogP) is 6.38. The molecule has 0 fully saturated rings. The zero-order valence-electron chi connectivity index (χ0n) is 27.9. The summed E-state index contributed by atoms with van der Waals surface area (Å²) in [5.41, 5.74) is 1.47. The Morgan fingerprint density at radius 1 is 0.755 bits per heavy atom. The number of nitrogens with zero attached hydrogens (tertiary/aromatic N) is 2. The minimum Gasteiger partial charge on any atom is -0.495 e. The van der Waals surface area contributed by atoms with E-state index in [4.69, 9.17) is 37.4 Å². The topological polar surface area (TPSA) is 114 Å². The van der Waals surface area contributed by atoms with E-state index in [0.29, 0.717) is 16.3 Å². The van der Waals surface area contributed by atoms with E-state index in [1.165, 1.54) is 56.6 Å². The number of nitrogens with one attached hydrogen (secondary N) is 1. The molecule has 260 valence electrons. The van der Waals surface area contributed by atoms with Crippen molar-refractivity contribution < 1.29 is 32.2 Å². The van der Waals surface area contributed by atoms with Crippen LogP contribution < -0.4 is 23.8 Å². The molecule has 4 rings (SSSR count). The molecule has 49 heavy (non-hydrogen) atoms. The summed E-state index contributed by atoms with van der Waals surface area (Å²) in [4.78, 5) is 29.8. The van der Waals surface area contributed by atoms with Crippen LogP contribution in [0, 0.1) is 0 Å². The third kappa shape index (κ3) is 9.38. The van der Waals surface area contributed by atoms with Gasteiger partial charge >= 0.3 is 0 Å². The zero-order chi connectivity index (χ0) is 35.7. The summed E-state index contributed by atoms with van der Waals surface area (Å²) in [5.74, 6) is -0.420. The summed E-state index contributed by atoms with van der Waals surface area (Å²) in [6, 6.07) is 23.5. The second kappa shape index (κ2) is 16.8. The van der Waals surface area contributed by atoms with Crippen LogP contribution >= 0.6 is 23.2 Å². The molecule has 0 saturated carbocycles. The molecule has 0 heterocycles. The van der Waals surface area contributed by atoms with Crippen LogP contribution in [0.25, 0.3) is 0 Å². The first-order valence-electron chi connectivity index (χ1n) is 15.3. The second-order valence-electron chi connectivity index (χ2n) is 11.4. The van der Waals surface area contributed by atoms with Crippen molar-refractivity contribution in [2.45, 2.75) is 43.8 Å². The minimum absolute atomic E-state index is 0.0204. The van der Waals surface area contributed by atoms with Crippen LogP contribution in [0.2, 0.25) is 10.0 Å². The lowest BCUT2D eigenvalue weighted by Crippen LogP contribution is -2.54. The van der Waals surface area contributed by atoms with Crippen molar-refractivity contribution >= 4 is 50.7 Å². The number of ether oxygens (including phenoxy) is 3. The molecule has 0 unspecified atom stereocenters. The third-order valence-corrected chi connectivity index (χ3v) is 9.80. The van der Waals surface area contributed by atoms with Gasteiger partial charge in [-0.3, -0.25) is 13.9 Å². The number of methoxy groups -OCH3 is 3. The molecule has 4 aromatic rings. The summed E-state index contributed by atoms with van der Waals surface area (Å²) in [7, 11) is -0.299. The lowest BCUT2D eigenvalue weighted by atomic mass is 10.0. The average Bonchev–Trinajstić information content (AvgIpc) is 3.08. The first kappa shape index (κ1) is 37.4. The van der Waals surface area contributed by atoms with Gasteiger partial charge in [-0.2, -0.15) is 0 Å². The van der Waals surface area contributed by atoms with Crippen LogP contribution in [0.1, 0.15) is 25.0 Å². The van der Waals surface area contributed by atoms with E-state index < -0.39 is 34.4 Å². The van der Waals surface area contributed by atoms with E-state index in [9.17, 15) is 18.0 Å². The molecule has 2 amide bonds. The maximum Gasteiger partial charge on any atom is 0.265 e. The molecule has 4 aromatic carbocycles. The Morgan fingerprint density at radius 2 is 1.39 bits per heavy atom. The lowest BCUT2D eigenvalue weighted by Gasteiger charge is -2.34. The van der Waals surface area contributed by atoms with Crippen molar-refractivity contribution in [3.63, 3.8) is 0 Å². The fraction of sp³-hybridized carbons (Fsp3) is 0.278. The number of sulfonamides is 1. The van der Waals surface area contributed by atoms with Crippen LogP contribution in [0.5, 0.6) is 17.2 Å². The van der Waals surface area contributed by atoms with Crippen molar-refractivity contribution in [2.24, 2.45) is 0 Å². The van der Waals surface area contributed by atoms with Crippen LogP contribution in [0.4, 0.5) is 5.69 Å². The summed E-state index contributed by atoms with van der Waals surface area (Å²) in [5, 5.41) is 3.59. The number of benzene rings is 4. The lowest BCUT2D eigenvalue weighted by molar-refractivity contribution is -0.140. The van der Waals surface area contributed by atoms with Gasteiger partial charge in [-0.05, 0) is 67.4 Å². The van der Waals surface area contributed by atoms with Crippen LogP contribution in [0.15, 0.2) is 95.9 Å². The van der Waals surface area contributed by atoms with Gasteiger partial charge in [0.2, 0.25) is 11.8 Å². The Balaban J connectivity index is 1.89. The van der Waals surface area contributed by atoms with Gasteiger partial charge in [-0.15, -0.1) is 0 Å². The Morgan fingerprint density at radius 3 is 2.02 bits per heavy atom. The van der Waals surface area contributed by atoms with Gasteiger partial charge in [-0.1, -0.05) is 65.7 Å². The van der Waals surface area contributed by atoms with Crippen molar-refractivity contribution in [1.82, 2.24) is 10.2 Å². The Kier molecular flexibility index (Phi) is 12.8. The number of anilines is 1. The van der Waals surface area contributed by atoms with E-state index in [1.807, 2.05) is 44.2 Å². The normalized spacial score (nSPS) is 11.8. The van der Waals surface area contributed by atoms with E-state index in [0.717, 1.165) is 9.87 Å². The number of hydrogen-bond acceptors (Lipinski definition) is 7. The van der Waals surface area contributed by atoms with E-state index in [-0.39, 0.29) is 46.1 Å². The molecule has 1 N–H and O–H groups in total. The highest BCUT2D eigenvalue weighted by Gasteiger charge is 2.36. The van der Waals surface area contributed by atoms with Crippen molar-refractivity contribution in [3.8, 4) is 17.2 Å². The maximum absolute atomic E-state index is 14.7. The number of carbonyl (C=O) groups is 2. The van der Waals surface area contributed by atoms with Gasteiger partial charge < -0.3 is 24.4 Å². The smallest absolute Gasteiger partial charge is 0.265 e. The maximum atomic E-state index is 14.7. The number of rotatable bonds is 15. The van der Waals surface area contributed by atoms with Crippen molar-refractivity contribution in [3.05, 3.63) is 112 Å². The number of carbonyl (C=O) groups excluding carboxylic acids is 2. The monoisotopic (exact) mass is 727 g/mol. The number of halogens is 2. The molecule has 0 radical (unpaired) electrons. The van der Waals surface area contributed by atoms with Gasteiger partial charge in [0.05, 0.1) is 31.9 Å². The fourth-order valence-corrected chi connectivity index (χ4v) is 7.05. The molecular formula is C36H39Cl2N3O7S. The molecule has 1 atom stereocenters. The van der Waals surface area contributed by atoms with Gasteiger partial charge in [0.15, 0.2) is 11.5 Å². The van der Waals surface area contributed by atoms with Crippen LogP contribution in [0.3, 0.4) is 0 Å². The van der Waals surface area contributed by atoms with E-state index in [2.05, 4.69) is 5.32 Å². The fourth-order valence-electron chi connectivity index (χ4n) is 5.24. The zero-order valence-corrected chi connectivity index (χ0v) is 30.2. The van der Waals surface area contributed by atoms with Crippen LogP contribution in [-0.4, -0.2) is 65.1 Å². The SMILES string of the molecule is COc1ccc(S(=O)(=O)N(CC(=O)N(Cc2cccc(Cl)c2)[C@@H](Cc2ccccc2)C(=O)NC(C)C)c2cc(Cl)ccc2OC)cc1OC. The van der Waals surface area contributed by atoms with Crippen molar-refractivity contribution in [2.75, 3.05) is 32.2 Å². The first-order valence-corrected chi connectivity index (χ1v) is 17.5. The van der Waals surface area contributed by atoms with Gasteiger partial charge in [0.25, 0.3) is 10.0 Å². The molecule has 0 aromatic heterocycles. The largest absolute Gasteiger partial charge is 0.495 e. The molecule has 0 aliphatic heterocycles. The highest BCUT2D eigenvalue weighted by atomic mass is 35.5. The molecule has 0 saturated heterocycles. The first-order chi connectivity index (χ1) is 23.4. The average molecular weight is 729 g/mol. The van der Waals surface area contributed by atoms with Gasteiger partial charge in [0, 0.05) is 35.1 Å². The predicted molar refractivity (Wildman–Crippen MR) is 191 cm³/mol. The molecule has 0 aliphatic rings. The second-order valence-corrected chi connectivity index (χ2v) is 14.1. The van der Waals surface area contributed by atoms with Crippen molar-refractivity contribution in [1.29, 1.82) is 0 Å². The summed E-state index contributed by atoms with van der Waals surface area (Å²) in [6.45, 7) is 2.89. The van der Waals surface area contributed by atoms with Crippen LogP contribution in [-0.2, 0) is 32.6 Å². The Bertz CT molecular complexity index is 1870. The minimum atomic E-state index is -4.50. The summed E-state index contributed by atoms with van der Waals surface area (Å²) in [6.07, 6.45) is 0.161. The quantitative estimate of drug-likeness (QED) is 0.151. The molecule has 0 aliphatic carbocycles. The van der Waals surface area contributed by atoms with E-state index in [1.54, 1.807) is 30.3 Å². The third-order valence-electron chi connectivity index (χ3n) is 7.58. The highest BCUT2D eigenvalue weighted by molar-refractivity contribution is 7.92. The highest BCUT2D eigenvalue weighted by Crippen LogP contribution is 2.37. The molecule has 0 bridgehead atoms. The Hall–Kier alpha value is -4.45. The Labute approximate surface area is 297 Å². The number of amides is 2. The van der Waals surface area contributed by atoms with E-state index >= 15 is 0 Å². The molecule has 0 spiro atoms.